The first-order chi connectivity index (χ1) is 24.3. The molecule has 4 heteroatoms. The van der Waals surface area contributed by atoms with Gasteiger partial charge in [0.25, 0.3) is 0 Å². The van der Waals surface area contributed by atoms with Crippen LogP contribution in [-0.4, -0.2) is 17.3 Å². The molecule has 1 aromatic heterocycles. The quantitative estimate of drug-likeness (QED) is 0.167. The van der Waals surface area contributed by atoms with Crippen LogP contribution in [0.5, 0.6) is 5.75 Å². The van der Waals surface area contributed by atoms with Gasteiger partial charge in [0.1, 0.15) is 5.75 Å². The summed E-state index contributed by atoms with van der Waals surface area (Å²) in [6.45, 7) is 0. The molecule has 8 aromatic rings. The van der Waals surface area contributed by atoms with E-state index in [1.54, 1.807) is 7.11 Å². The highest BCUT2D eigenvalue weighted by Gasteiger charge is 2.23. The molecule has 8 rings (SSSR count). The fourth-order valence-electron chi connectivity index (χ4n) is 6.44. The lowest BCUT2D eigenvalue weighted by atomic mass is 9.79. The predicted molar refractivity (Wildman–Crippen MR) is 199 cm³/mol. The van der Waals surface area contributed by atoms with Crippen molar-refractivity contribution < 1.29 is 9.15 Å². The van der Waals surface area contributed by atoms with Crippen LogP contribution in [0.4, 0.5) is 0 Å². The SMILES string of the molecule is COc1ccc(-c2nnc(-c3ccc(-c4cc(-c5ccccc5)c(-c5ccccc5)c(-c5ccccc5)c4-c4ccccc4)cc3)o2)cc1. The Hall–Kier alpha value is -6.52. The molecule has 0 radical (unpaired) electrons. The lowest BCUT2D eigenvalue weighted by Gasteiger charge is -2.24. The van der Waals surface area contributed by atoms with E-state index in [1.807, 2.05) is 24.3 Å². The fraction of sp³-hybridized carbons (Fsp3) is 0.0222. The molecule has 0 aliphatic carbocycles. The number of hydrogen-bond donors (Lipinski definition) is 0. The van der Waals surface area contributed by atoms with Crippen molar-refractivity contribution in [3.8, 4) is 84.3 Å². The van der Waals surface area contributed by atoms with Gasteiger partial charge in [0, 0.05) is 11.1 Å². The maximum Gasteiger partial charge on any atom is 0.248 e. The highest BCUT2D eigenvalue weighted by Crippen LogP contribution is 2.50. The zero-order valence-corrected chi connectivity index (χ0v) is 27.0. The van der Waals surface area contributed by atoms with Crippen molar-refractivity contribution in [3.63, 3.8) is 0 Å². The van der Waals surface area contributed by atoms with Gasteiger partial charge in [0.15, 0.2) is 0 Å². The van der Waals surface area contributed by atoms with Gasteiger partial charge in [-0.25, -0.2) is 0 Å². The molecule has 1 heterocycles. The number of benzene rings is 7. The lowest BCUT2D eigenvalue weighted by molar-refractivity contribution is 0.415. The molecule has 234 valence electrons. The summed E-state index contributed by atoms with van der Waals surface area (Å²) in [4.78, 5) is 0. The van der Waals surface area contributed by atoms with Gasteiger partial charge >= 0.3 is 0 Å². The van der Waals surface area contributed by atoms with E-state index < -0.39 is 0 Å². The summed E-state index contributed by atoms with van der Waals surface area (Å²) in [5.74, 6) is 1.70. The van der Waals surface area contributed by atoms with Gasteiger partial charge in [-0.3, -0.25) is 0 Å². The van der Waals surface area contributed by atoms with Crippen LogP contribution < -0.4 is 4.74 Å². The van der Waals surface area contributed by atoms with Crippen LogP contribution in [-0.2, 0) is 0 Å². The van der Waals surface area contributed by atoms with Crippen LogP contribution >= 0.6 is 0 Å². The zero-order chi connectivity index (χ0) is 33.0. The van der Waals surface area contributed by atoms with Crippen LogP contribution in [0.25, 0.3) is 78.5 Å². The second kappa shape index (κ2) is 13.3. The average Bonchev–Trinajstić information content (AvgIpc) is 3.69. The van der Waals surface area contributed by atoms with Crippen LogP contribution in [0.1, 0.15) is 0 Å². The highest BCUT2D eigenvalue weighted by molar-refractivity contribution is 6.07. The Morgan fingerprint density at radius 2 is 0.714 bits per heavy atom. The van der Waals surface area contributed by atoms with Gasteiger partial charge < -0.3 is 9.15 Å². The molecule has 0 spiro atoms. The Balaban J connectivity index is 1.34. The largest absolute Gasteiger partial charge is 0.497 e. The van der Waals surface area contributed by atoms with Crippen molar-refractivity contribution >= 4 is 0 Å². The van der Waals surface area contributed by atoms with Gasteiger partial charge in [-0.1, -0.05) is 133 Å². The monoisotopic (exact) mass is 632 g/mol. The van der Waals surface area contributed by atoms with E-state index in [0.29, 0.717) is 11.8 Å². The molecule has 0 unspecified atom stereocenters. The molecule has 0 saturated carbocycles. The fourth-order valence-corrected chi connectivity index (χ4v) is 6.44. The van der Waals surface area contributed by atoms with E-state index in [1.165, 1.54) is 27.8 Å². The van der Waals surface area contributed by atoms with E-state index in [-0.39, 0.29) is 0 Å². The first kappa shape index (κ1) is 29.9. The Kier molecular flexibility index (Phi) is 8.11. The molecule has 0 aliphatic rings. The summed E-state index contributed by atoms with van der Waals surface area (Å²) in [6, 6.07) is 61.2. The van der Waals surface area contributed by atoms with Gasteiger partial charge in [0.05, 0.1) is 7.11 Å². The number of hydrogen-bond acceptors (Lipinski definition) is 4. The smallest absolute Gasteiger partial charge is 0.248 e. The first-order valence-electron chi connectivity index (χ1n) is 16.3. The van der Waals surface area contributed by atoms with Crippen molar-refractivity contribution in [1.82, 2.24) is 10.2 Å². The molecule has 0 bridgehead atoms. The third kappa shape index (κ3) is 5.92. The van der Waals surface area contributed by atoms with Gasteiger partial charge in [-0.2, -0.15) is 0 Å². The standard InChI is InChI=1S/C45H32N2O2/c1-48-38-28-26-37(27-29-38)45-47-46-44(49-45)36-24-22-32(23-25-36)40-30-39(31-14-6-2-7-15-31)41(33-16-8-3-9-17-33)43(35-20-12-5-13-21-35)42(40)34-18-10-4-11-19-34/h2-30H,1H3. The second-order valence-corrected chi connectivity index (χ2v) is 11.8. The molecule has 0 fully saturated rings. The molecule has 0 atom stereocenters. The molecular weight excluding hydrogens is 601 g/mol. The molecule has 49 heavy (non-hydrogen) atoms. The van der Waals surface area contributed by atoms with Gasteiger partial charge in [0.2, 0.25) is 11.8 Å². The molecule has 0 amide bonds. The second-order valence-electron chi connectivity index (χ2n) is 11.8. The van der Waals surface area contributed by atoms with Crippen molar-refractivity contribution in [2.45, 2.75) is 0 Å². The van der Waals surface area contributed by atoms with Crippen molar-refractivity contribution in [2.24, 2.45) is 0 Å². The Labute approximate surface area is 286 Å². The maximum atomic E-state index is 6.12. The molecule has 0 N–H and O–H groups in total. The van der Waals surface area contributed by atoms with Crippen molar-refractivity contribution in [1.29, 1.82) is 0 Å². The third-order valence-corrected chi connectivity index (χ3v) is 8.80. The number of aromatic nitrogens is 2. The summed E-state index contributed by atoms with van der Waals surface area (Å²) in [7, 11) is 1.65. The number of methoxy groups -OCH3 is 1. The van der Waals surface area contributed by atoms with Crippen LogP contribution in [0.3, 0.4) is 0 Å². The summed E-state index contributed by atoms with van der Waals surface area (Å²) in [5.41, 5.74) is 13.3. The van der Waals surface area contributed by atoms with E-state index >= 15 is 0 Å². The Morgan fingerprint density at radius 3 is 1.14 bits per heavy atom. The number of nitrogens with zero attached hydrogens (tertiary/aromatic N) is 2. The summed E-state index contributed by atoms with van der Waals surface area (Å²) < 4.78 is 11.4. The number of ether oxygens (including phenoxy) is 1. The van der Waals surface area contributed by atoms with Crippen LogP contribution in [0.2, 0.25) is 0 Å². The van der Waals surface area contributed by atoms with Crippen LogP contribution in [0.15, 0.2) is 180 Å². The predicted octanol–water partition coefficient (Wildman–Crippen LogP) is 11.7. The highest BCUT2D eigenvalue weighted by atomic mass is 16.5. The minimum Gasteiger partial charge on any atom is -0.497 e. The zero-order valence-electron chi connectivity index (χ0n) is 27.0. The molecule has 0 aliphatic heterocycles. The van der Waals surface area contributed by atoms with Gasteiger partial charge in [-0.05, 0) is 98.1 Å². The topological polar surface area (TPSA) is 48.2 Å². The lowest BCUT2D eigenvalue weighted by Crippen LogP contribution is -1.98. The third-order valence-electron chi connectivity index (χ3n) is 8.80. The molecule has 7 aromatic carbocycles. The molecular formula is C45H32N2O2. The Morgan fingerprint density at radius 1 is 0.367 bits per heavy atom. The van der Waals surface area contributed by atoms with E-state index in [0.717, 1.165) is 44.7 Å². The van der Waals surface area contributed by atoms with E-state index in [4.69, 9.17) is 9.15 Å². The minimum absolute atomic E-state index is 0.463. The molecule has 0 saturated heterocycles. The Bertz CT molecular complexity index is 2320. The van der Waals surface area contributed by atoms with Crippen molar-refractivity contribution in [3.05, 3.63) is 176 Å². The summed E-state index contributed by atoms with van der Waals surface area (Å²) in [5, 5.41) is 8.70. The van der Waals surface area contributed by atoms with E-state index in [2.05, 4.69) is 162 Å². The maximum absolute atomic E-state index is 6.12. The van der Waals surface area contributed by atoms with Crippen LogP contribution in [0, 0.1) is 0 Å². The van der Waals surface area contributed by atoms with Gasteiger partial charge in [-0.15, -0.1) is 10.2 Å². The van der Waals surface area contributed by atoms with Crippen molar-refractivity contribution in [2.75, 3.05) is 7.11 Å². The first-order valence-corrected chi connectivity index (χ1v) is 16.3. The summed E-state index contributed by atoms with van der Waals surface area (Å²) in [6.07, 6.45) is 0. The minimum atomic E-state index is 0.463. The normalized spacial score (nSPS) is 11.0. The van der Waals surface area contributed by atoms with E-state index in [9.17, 15) is 0 Å². The number of rotatable bonds is 8. The summed E-state index contributed by atoms with van der Waals surface area (Å²) >= 11 is 0. The molecule has 4 nitrogen and oxygen atoms in total. The average molecular weight is 633 g/mol.